The second-order valence-electron chi connectivity index (χ2n) is 4.95. The van der Waals surface area contributed by atoms with Crippen molar-refractivity contribution in [1.29, 1.82) is 0 Å². The van der Waals surface area contributed by atoms with Crippen molar-refractivity contribution in [3.63, 3.8) is 0 Å². The Bertz CT molecular complexity index is 396. The minimum absolute atomic E-state index is 0.419. The van der Waals surface area contributed by atoms with Crippen molar-refractivity contribution in [2.45, 2.75) is 38.0 Å². The summed E-state index contributed by atoms with van der Waals surface area (Å²) in [5.41, 5.74) is -1.02. The first-order valence-corrected chi connectivity index (χ1v) is 5.71. The number of aliphatic hydroxyl groups is 1. The Hall–Kier alpha value is -1.03. The maximum atomic E-state index is 12.4. The first kappa shape index (κ1) is 12.4. The van der Waals surface area contributed by atoms with Crippen LogP contribution in [0.3, 0.4) is 0 Å². The summed E-state index contributed by atoms with van der Waals surface area (Å²) in [5.74, 6) is 0.419. The largest absolute Gasteiger partial charge is 0.416 e. The predicted octanol–water partition coefficient (Wildman–Crippen LogP) is 3.71. The van der Waals surface area contributed by atoms with Crippen LogP contribution in [0.25, 0.3) is 0 Å². The predicted molar refractivity (Wildman–Crippen MR) is 58.4 cm³/mol. The molecule has 0 bridgehead atoms. The third-order valence-electron chi connectivity index (χ3n) is 3.49. The van der Waals surface area contributed by atoms with Gasteiger partial charge in [0.1, 0.15) is 0 Å². The summed E-state index contributed by atoms with van der Waals surface area (Å²) < 4.78 is 37.2. The van der Waals surface area contributed by atoms with Crippen molar-refractivity contribution in [2.24, 2.45) is 5.92 Å². The number of rotatable bonds is 1. The van der Waals surface area contributed by atoms with Crippen molar-refractivity contribution in [1.82, 2.24) is 0 Å². The normalized spacial score (nSPS) is 29.6. The average molecular weight is 244 g/mol. The molecule has 2 unspecified atom stereocenters. The van der Waals surface area contributed by atoms with Gasteiger partial charge in [0, 0.05) is 0 Å². The van der Waals surface area contributed by atoms with E-state index >= 15 is 0 Å². The smallest absolute Gasteiger partial charge is 0.385 e. The molecule has 1 aromatic carbocycles. The van der Waals surface area contributed by atoms with E-state index in [-0.39, 0.29) is 0 Å². The highest BCUT2D eigenvalue weighted by atomic mass is 19.4. The van der Waals surface area contributed by atoms with Crippen LogP contribution in [0, 0.1) is 5.92 Å². The molecule has 1 aliphatic carbocycles. The third-order valence-corrected chi connectivity index (χ3v) is 3.49. The molecule has 1 saturated carbocycles. The first-order valence-electron chi connectivity index (χ1n) is 5.71. The van der Waals surface area contributed by atoms with Crippen LogP contribution in [-0.4, -0.2) is 5.11 Å². The van der Waals surface area contributed by atoms with E-state index in [4.69, 9.17) is 0 Å². The Balaban J connectivity index is 2.24. The van der Waals surface area contributed by atoms with Crippen LogP contribution in [0.2, 0.25) is 0 Å². The molecule has 17 heavy (non-hydrogen) atoms. The highest BCUT2D eigenvalue weighted by Crippen LogP contribution is 2.42. The molecule has 0 aromatic heterocycles. The maximum absolute atomic E-state index is 12.4. The zero-order chi connectivity index (χ0) is 12.7. The molecule has 1 aliphatic rings. The molecule has 94 valence electrons. The summed E-state index contributed by atoms with van der Waals surface area (Å²) in [4.78, 5) is 0. The molecule has 1 N–H and O–H groups in total. The van der Waals surface area contributed by atoms with Gasteiger partial charge in [0.25, 0.3) is 0 Å². The summed E-state index contributed by atoms with van der Waals surface area (Å²) in [6.45, 7) is 2.04. The molecule has 4 heteroatoms. The van der Waals surface area contributed by atoms with Gasteiger partial charge in [-0.3, -0.25) is 0 Å². The van der Waals surface area contributed by atoms with E-state index in [1.54, 1.807) is 0 Å². The molecule has 0 aliphatic heterocycles. The van der Waals surface area contributed by atoms with E-state index in [1.807, 2.05) is 6.92 Å². The van der Waals surface area contributed by atoms with E-state index in [1.165, 1.54) is 12.1 Å². The molecule has 2 rings (SSSR count). The van der Waals surface area contributed by atoms with Crippen LogP contribution in [0.15, 0.2) is 24.3 Å². The average Bonchev–Trinajstić information content (AvgIpc) is 2.59. The van der Waals surface area contributed by atoms with Crippen LogP contribution >= 0.6 is 0 Å². The van der Waals surface area contributed by atoms with Gasteiger partial charge in [-0.1, -0.05) is 19.1 Å². The Kier molecular flexibility index (Phi) is 2.94. The van der Waals surface area contributed by atoms with Gasteiger partial charge in [-0.15, -0.1) is 0 Å². The van der Waals surface area contributed by atoms with Gasteiger partial charge in [0.2, 0.25) is 0 Å². The van der Waals surface area contributed by atoms with Crippen molar-refractivity contribution in [2.75, 3.05) is 0 Å². The lowest BCUT2D eigenvalue weighted by atomic mass is 9.90. The van der Waals surface area contributed by atoms with Gasteiger partial charge in [-0.05, 0) is 42.9 Å². The monoisotopic (exact) mass is 244 g/mol. The lowest BCUT2D eigenvalue weighted by Crippen LogP contribution is -2.21. The maximum Gasteiger partial charge on any atom is 0.416 e. The molecular weight excluding hydrogens is 229 g/mol. The zero-order valence-corrected chi connectivity index (χ0v) is 9.59. The Morgan fingerprint density at radius 1 is 1.24 bits per heavy atom. The standard InChI is InChI=1S/C13H15F3O/c1-9-6-7-12(17,8-9)10-2-4-11(5-3-10)13(14,15)16/h2-5,9,17H,6-8H2,1H3. The number of benzene rings is 1. The molecule has 1 nitrogen and oxygen atoms in total. The first-order chi connectivity index (χ1) is 7.81. The van der Waals surface area contributed by atoms with Crippen molar-refractivity contribution in [3.8, 4) is 0 Å². The molecule has 1 fully saturated rings. The van der Waals surface area contributed by atoms with Crippen molar-refractivity contribution >= 4 is 0 Å². The van der Waals surface area contributed by atoms with Gasteiger partial charge < -0.3 is 5.11 Å². The quantitative estimate of drug-likeness (QED) is 0.798. The third kappa shape index (κ3) is 2.46. The molecule has 0 radical (unpaired) electrons. The summed E-state index contributed by atoms with van der Waals surface area (Å²) in [7, 11) is 0. The summed E-state index contributed by atoms with van der Waals surface area (Å²) >= 11 is 0. The summed E-state index contributed by atoms with van der Waals surface area (Å²) in [6.07, 6.45) is -2.15. The van der Waals surface area contributed by atoms with Gasteiger partial charge in [0.15, 0.2) is 0 Å². The van der Waals surface area contributed by atoms with Crippen LogP contribution in [-0.2, 0) is 11.8 Å². The van der Waals surface area contributed by atoms with E-state index in [0.717, 1.165) is 18.6 Å². The molecule has 0 spiro atoms. The molecule has 0 saturated heterocycles. The lowest BCUT2D eigenvalue weighted by Gasteiger charge is -2.23. The minimum atomic E-state index is -4.32. The van der Waals surface area contributed by atoms with Gasteiger partial charge in [-0.25, -0.2) is 0 Å². The van der Waals surface area contributed by atoms with E-state index in [0.29, 0.717) is 24.3 Å². The highest BCUT2D eigenvalue weighted by molar-refractivity contribution is 5.29. The highest BCUT2D eigenvalue weighted by Gasteiger charge is 2.37. The van der Waals surface area contributed by atoms with Crippen LogP contribution in [0.1, 0.15) is 37.3 Å². The zero-order valence-electron chi connectivity index (χ0n) is 9.59. The second kappa shape index (κ2) is 4.02. The lowest BCUT2D eigenvalue weighted by molar-refractivity contribution is -0.137. The molecule has 0 amide bonds. The van der Waals surface area contributed by atoms with E-state index in [2.05, 4.69) is 0 Å². The number of alkyl halides is 3. The SMILES string of the molecule is CC1CCC(O)(c2ccc(C(F)(F)F)cc2)C1. The fourth-order valence-corrected chi connectivity index (χ4v) is 2.50. The number of halogens is 3. The fourth-order valence-electron chi connectivity index (χ4n) is 2.50. The Morgan fingerprint density at radius 3 is 2.24 bits per heavy atom. The van der Waals surface area contributed by atoms with Gasteiger partial charge in [0.05, 0.1) is 11.2 Å². The number of hydrogen-bond donors (Lipinski definition) is 1. The molecule has 2 atom stereocenters. The van der Waals surface area contributed by atoms with Crippen molar-refractivity contribution in [3.05, 3.63) is 35.4 Å². The molecule has 1 aromatic rings. The van der Waals surface area contributed by atoms with Gasteiger partial charge in [-0.2, -0.15) is 13.2 Å². The van der Waals surface area contributed by atoms with Crippen LogP contribution in [0.4, 0.5) is 13.2 Å². The van der Waals surface area contributed by atoms with Crippen LogP contribution < -0.4 is 0 Å². The van der Waals surface area contributed by atoms with E-state index in [9.17, 15) is 18.3 Å². The second-order valence-corrected chi connectivity index (χ2v) is 4.95. The fraction of sp³-hybridized carbons (Fsp3) is 0.538. The molecule has 0 heterocycles. The topological polar surface area (TPSA) is 20.2 Å². The Labute approximate surface area is 98.3 Å². The van der Waals surface area contributed by atoms with Crippen LogP contribution in [0.5, 0.6) is 0 Å². The van der Waals surface area contributed by atoms with Crippen molar-refractivity contribution < 1.29 is 18.3 Å². The van der Waals surface area contributed by atoms with E-state index < -0.39 is 17.3 Å². The Morgan fingerprint density at radius 2 is 1.82 bits per heavy atom. The van der Waals surface area contributed by atoms with Gasteiger partial charge >= 0.3 is 6.18 Å². The minimum Gasteiger partial charge on any atom is -0.385 e. The molecular formula is C13H15F3O. The summed E-state index contributed by atoms with van der Waals surface area (Å²) in [6, 6.07) is 4.86. The number of hydrogen-bond acceptors (Lipinski definition) is 1. The summed E-state index contributed by atoms with van der Waals surface area (Å²) in [5, 5.41) is 10.3.